The number of ether oxygens (including phenoxy) is 1. The fourth-order valence-electron chi connectivity index (χ4n) is 1.99. The Labute approximate surface area is 131 Å². The molecule has 0 aliphatic carbocycles. The first-order valence-electron chi connectivity index (χ1n) is 7.04. The lowest BCUT2D eigenvalue weighted by Gasteiger charge is -2.23. The third kappa shape index (κ3) is 4.32. The summed E-state index contributed by atoms with van der Waals surface area (Å²) < 4.78 is 10.3. The predicted molar refractivity (Wildman–Crippen MR) is 79.8 cm³/mol. The topological polar surface area (TPSA) is 109 Å². The van der Waals surface area contributed by atoms with Crippen molar-refractivity contribution in [1.82, 2.24) is 5.32 Å². The zero-order valence-corrected chi connectivity index (χ0v) is 12.7. The average Bonchev–Trinajstić information content (AvgIpc) is 2.49. The number of hydrogen-bond acceptors (Lipinski definition) is 6. The molecular formula is C16H16NO6-. The molecule has 1 atom stereocenters. The Hall–Kier alpha value is -2.83. The SMILES string of the molecule is CC(C)[C@@H](NC(=O)COc1ccc2ccc(=O)oc2c1)C(=O)[O-]. The lowest BCUT2D eigenvalue weighted by molar-refractivity contribution is -0.309. The highest BCUT2D eigenvalue weighted by molar-refractivity contribution is 5.84. The lowest BCUT2D eigenvalue weighted by Crippen LogP contribution is -2.51. The third-order valence-corrected chi connectivity index (χ3v) is 3.20. The molecule has 1 amide bonds. The maximum absolute atomic E-state index is 11.8. The number of carboxylic acid groups (broad SMARTS) is 1. The maximum Gasteiger partial charge on any atom is 0.336 e. The smallest absolute Gasteiger partial charge is 0.336 e. The number of benzene rings is 1. The number of carbonyl (C=O) groups is 2. The van der Waals surface area contributed by atoms with Gasteiger partial charge in [-0.1, -0.05) is 13.8 Å². The monoisotopic (exact) mass is 318 g/mol. The standard InChI is InChI=1S/C16H17NO6/c1-9(2)15(16(20)21)17-13(18)8-22-11-5-3-10-4-6-14(19)23-12(10)7-11/h3-7,9,15H,8H2,1-2H3,(H,17,18)(H,20,21)/p-1/t15-/m1/s1. The van der Waals surface area contributed by atoms with E-state index in [4.69, 9.17) is 9.15 Å². The molecule has 0 aliphatic heterocycles. The highest BCUT2D eigenvalue weighted by atomic mass is 16.5. The summed E-state index contributed by atoms with van der Waals surface area (Å²) >= 11 is 0. The number of nitrogens with one attached hydrogen (secondary N) is 1. The largest absolute Gasteiger partial charge is 0.548 e. The third-order valence-electron chi connectivity index (χ3n) is 3.20. The fraction of sp³-hybridized carbons (Fsp3) is 0.312. The molecule has 2 aromatic rings. The molecule has 122 valence electrons. The minimum atomic E-state index is -1.35. The van der Waals surface area contributed by atoms with Crippen molar-refractivity contribution in [3.63, 3.8) is 0 Å². The van der Waals surface area contributed by atoms with Crippen molar-refractivity contribution in [2.45, 2.75) is 19.9 Å². The van der Waals surface area contributed by atoms with Crippen molar-refractivity contribution in [1.29, 1.82) is 0 Å². The second-order valence-electron chi connectivity index (χ2n) is 5.35. The predicted octanol–water partition coefficient (Wildman–Crippen LogP) is 0.0625. The Morgan fingerprint density at radius 2 is 1.96 bits per heavy atom. The van der Waals surface area contributed by atoms with Crippen molar-refractivity contribution in [3.05, 3.63) is 40.8 Å². The minimum Gasteiger partial charge on any atom is -0.548 e. The van der Waals surface area contributed by atoms with Crippen LogP contribution in [0.4, 0.5) is 0 Å². The minimum absolute atomic E-state index is 0.307. The molecule has 1 heterocycles. The van der Waals surface area contributed by atoms with E-state index < -0.39 is 23.5 Å². The van der Waals surface area contributed by atoms with Gasteiger partial charge in [0.05, 0.1) is 12.0 Å². The normalized spacial score (nSPS) is 12.1. The lowest BCUT2D eigenvalue weighted by atomic mass is 10.1. The number of carboxylic acids is 1. The molecule has 23 heavy (non-hydrogen) atoms. The molecule has 0 saturated heterocycles. The van der Waals surface area contributed by atoms with Gasteiger partial charge in [-0.25, -0.2) is 4.79 Å². The van der Waals surface area contributed by atoms with E-state index in [0.29, 0.717) is 11.3 Å². The molecule has 2 rings (SSSR count). The van der Waals surface area contributed by atoms with Gasteiger partial charge in [0.2, 0.25) is 0 Å². The Bertz CT molecular complexity index is 779. The number of hydrogen-bond donors (Lipinski definition) is 1. The number of carbonyl (C=O) groups excluding carboxylic acids is 2. The van der Waals surface area contributed by atoms with Gasteiger partial charge in [0.1, 0.15) is 11.3 Å². The second kappa shape index (κ2) is 6.95. The molecule has 0 radical (unpaired) electrons. The second-order valence-corrected chi connectivity index (χ2v) is 5.35. The van der Waals surface area contributed by atoms with E-state index in [1.807, 2.05) is 0 Å². The Morgan fingerprint density at radius 1 is 1.26 bits per heavy atom. The molecule has 7 heteroatoms. The summed E-state index contributed by atoms with van der Waals surface area (Å²) in [6.07, 6.45) is 0. The van der Waals surface area contributed by atoms with Crippen LogP contribution in [0.15, 0.2) is 39.5 Å². The van der Waals surface area contributed by atoms with Gasteiger partial charge in [0.25, 0.3) is 5.91 Å². The molecular weight excluding hydrogens is 302 g/mol. The summed E-state index contributed by atoms with van der Waals surface area (Å²) in [5.74, 6) is -1.90. The molecule has 0 unspecified atom stereocenters. The molecule has 0 spiro atoms. The van der Waals surface area contributed by atoms with Crippen LogP contribution in [0, 0.1) is 5.92 Å². The molecule has 0 saturated carbocycles. The highest BCUT2D eigenvalue weighted by Crippen LogP contribution is 2.19. The summed E-state index contributed by atoms with van der Waals surface area (Å²) in [7, 11) is 0. The van der Waals surface area contributed by atoms with Gasteiger partial charge in [-0.05, 0) is 24.1 Å². The molecule has 7 nitrogen and oxygen atoms in total. The summed E-state index contributed by atoms with van der Waals surface area (Å²) in [5, 5.41) is 14.0. The van der Waals surface area contributed by atoms with Crippen LogP contribution in [-0.4, -0.2) is 24.5 Å². The van der Waals surface area contributed by atoms with Gasteiger partial charge >= 0.3 is 5.63 Å². The van der Waals surface area contributed by atoms with E-state index in [1.165, 1.54) is 12.1 Å². The number of fused-ring (bicyclic) bond motifs is 1. The zero-order chi connectivity index (χ0) is 17.0. The highest BCUT2D eigenvalue weighted by Gasteiger charge is 2.17. The number of aliphatic carboxylic acids is 1. The van der Waals surface area contributed by atoms with Gasteiger partial charge in [0.15, 0.2) is 6.61 Å². The van der Waals surface area contributed by atoms with Gasteiger partial charge < -0.3 is 24.4 Å². The average molecular weight is 318 g/mol. The number of rotatable bonds is 6. The van der Waals surface area contributed by atoms with E-state index in [1.54, 1.807) is 32.0 Å². The summed E-state index contributed by atoms with van der Waals surface area (Å²) in [4.78, 5) is 33.8. The van der Waals surface area contributed by atoms with E-state index in [2.05, 4.69) is 5.32 Å². The van der Waals surface area contributed by atoms with Crippen molar-refractivity contribution >= 4 is 22.8 Å². The van der Waals surface area contributed by atoms with Crippen LogP contribution in [0.3, 0.4) is 0 Å². The Balaban J connectivity index is 2.01. The van der Waals surface area contributed by atoms with Crippen LogP contribution in [0.5, 0.6) is 5.75 Å². The van der Waals surface area contributed by atoms with E-state index in [-0.39, 0.29) is 12.5 Å². The van der Waals surface area contributed by atoms with Crippen LogP contribution < -0.4 is 20.8 Å². The summed E-state index contributed by atoms with van der Waals surface area (Å²) in [6.45, 7) is 2.96. The molecule has 0 aliphatic rings. The van der Waals surface area contributed by atoms with E-state index in [9.17, 15) is 19.5 Å². The molecule has 1 aromatic carbocycles. The molecule has 1 aromatic heterocycles. The Kier molecular flexibility index (Phi) is 5.00. The summed E-state index contributed by atoms with van der Waals surface area (Å²) in [5.41, 5.74) is -0.147. The van der Waals surface area contributed by atoms with Crippen LogP contribution in [0.2, 0.25) is 0 Å². The maximum atomic E-state index is 11.8. The van der Waals surface area contributed by atoms with Gasteiger partial charge in [-0.2, -0.15) is 0 Å². The zero-order valence-electron chi connectivity index (χ0n) is 12.7. The van der Waals surface area contributed by atoms with Crippen LogP contribution >= 0.6 is 0 Å². The van der Waals surface area contributed by atoms with Gasteiger partial charge in [-0.3, -0.25) is 4.79 Å². The quantitative estimate of drug-likeness (QED) is 0.755. The molecule has 0 bridgehead atoms. The van der Waals surface area contributed by atoms with E-state index in [0.717, 1.165) is 5.39 Å². The van der Waals surface area contributed by atoms with E-state index >= 15 is 0 Å². The van der Waals surface area contributed by atoms with Crippen molar-refractivity contribution in [3.8, 4) is 5.75 Å². The van der Waals surface area contributed by atoms with Gasteiger partial charge in [-0.15, -0.1) is 0 Å². The van der Waals surface area contributed by atoms with Crippen molar-refractivity contribution < 1.29 is 23.8 Å². The molecule has 0 fully saturated rings. The first kappa shape index (κ1) is 16.5. The Morgan fingerprint density at radius 3 is 2.61 bits per heavy atom. The van der Waals surface area contributed by atoms with Crippen LogP contribution in [-0.2, 0) is 9.59 Å². The van der Waals surface area contributed by atoms with Crippen LogP contribution in [0.1, 0.15) is 13.8 Å². The van der Waals surface area contributed by atoms with Crippen molar-refractivity contribution in [2.24, 2.45) is 5.92 Å². The fourth-order valence-corrected chi connectivity index (χ4v) is 1.99. The molecule has 1 N–H and O–H groups in total. The van der Waals surface area contributed by atoms with Gasteiger partial charge in [0, 0.05) is 17.5 Å². The summed E-state index contributed by atoms with van der Waals surface area (Å²) in [6, 6.07) is 6.63. The van der Waals surface area contributed by atoms with Crippen LogP contribution in [0.25, 0.3) is 11.0 Å². The van der Waals surface area contributed by atoms with Crippen molar-refractivity contribution in [2.75, 3.05) is 6.61 Å². The number of amides is 1. The first-order valence-corrected chi connectivity index (χ1v) is 7.04. The first-order chi connectivity index (χ1) is 10.9.